The largest absolute Gasteiger partial charge is 0.398 e. The number of rotatable bonds is 1. The van der Waals surface area contributed by atoms with Gasteiger partial charge < -0.3 is 5.73 Å². The molecule has 2 aromatic rings. The Bertz CT molecular complexity index is 606. The number of carbonyl (C=O) groups is 1. The van der Waals surface area contributed by atoms with Crippen molar-refractivity contribution in [2.75, 3.05) is 18.9 Å². The molecule has 0 atom stereocenters. The Morgan fingerprint density at radius 2 is 2.22 bits per heavy atom. The average molecular weight is 243 g/mol. The van der Waals surface area contributed by atoms with Crippen LogP contribution < -0.4 is 5.73 Å². The first-order valence-corrected chi connectivity index (χ1v) is 5.86. The minimum atomic E-state index is -0.232. The van der Waals surface area contributed by atoms with Gasteiger partial charge in [0.15, 0.2) is 0 Å². The van der Waals surface area contributed by atoms with Crippen LogP contribution in [0.2, 0.25) is 0 Å². The number of amides is 1. The minimum Gasteiger partial charge on any atom is -0.398 e. The molecule has 0 saturated carbocycles. The number of carbonyl (C=O) groups excluding carboxylic acids is 1. The second-order valence-corrected chi connectivity index (χ2v) is 4.21. The van der Waals surface area contributed by atoms with E-state index in [0.29, 0.717) is 24.5 Å². The van der Waals surface area contributed by atoms with Crippen molar-refractivity contribution >= 4 is 22.5 Å². The van der Waals surface area contributed by atoms with Crippen LogP contribution in [0.5, 0.6) is 0 Å². The van der Waals surface area contributed by atoms with Crippen molar-refractivity contribution in [3.8, 4) is 0 Å². The highest BCUT2D eigenvalue weighted by molar-refractivity contribution is 5.98. The number of benzene rings is 1. The number of anilines is 1. The molecule has 2 N–H and O–H groups in total. The molecule has 18 heavy (non-hydrogen) atoms. The highest BCUT2D eigenvalue weighted by atomic mass is 16.7. The Balaban J connectivity index is 2.04. The van der Waals surface area contributed by atoms with E-state index >= 15 is 0 Å². The summed E-state index contributed by atoms with van der Waals surface area (Å²) >= 11 is 0. The molecule has 1 aliphatic heterocycles. The molecule has 0 spiro atoms. The third-order valence-electron chi connectivity index (χ3n) is 2.95. The molecule has 5 heteroatoms. The number of fused-ring (bicyclic) bond motifs is 1. The van der Waals surface area contributed by atoms with Crippen molar-refractivity contribution in [3.63, 3.8) is 0 Å². The molecule has 0 bridgehead atoms. The monoisotopic (exact) mass is 243 g/mol. The first kappa shape index (κ1) is 11.0. The van der Waals surface area contributed by atoms with Gasteiger partial charge in [-0.1, -0.05) is 18.2 Å². The number of aromatic nitrogens is 1. The number of nitrogens with zero attached hydrogens (tertiary/aromatic N) is 2. The van der Waals surface area contributed by atoms with Gasteiger partial charge in [0.2, 0.25) is 0 Å². The van der Waals surface area contributed by atoms with Crippen LogP contribution >= 0.6 is 0 Å². The molecule has 2 heterocycles. The number of nitrogen functional groups attached to an aromatic ring is 1. The van der Waals surface area contributed by atoms with Crippen molar-refractivity contribution in [2.24, 2.45) is 0 Å². The van der Waals surface area contributed by atoms with Gasteiger partial charge in [-0.2, -0.15) is 0 Å². The predicted molar refractivity (Wildman–Crippen MR) is 67.8 cm³/mol. The third kappa shape index (κ3) is 1.78. The van der Waals surface area contributed by atoms with E-state index in [9.17, 15) is 4.79 Å². The first-order chi connectivity index (χ1) is 8.75. The maximum atomic E-state index is 12.1. The standard InChI is InChI=1S/C13H13N3O2/c14-10-8-12(13(17)16-6-3-7-18-16)15-11-5-2-1-4-9(10)11/h1-2,4-5,8H,3,6-7H2,(H2,14,15). The minimum absolute atomic E-state index is 0.232. The smallest absolute Gasteiger partial charge is 0.296 e. The van der Waals surface area contributed by atoms with Crippen LogP contribution in [0.15, 0.2) is 30.3 Å². The molecule has 1 saturated heterocycles. The van der Waals surface area contributed by atoms with Crippen LogP contribution in [0.25, 0.3) is 10.9 Å². The number of hydroxylamine groups is 2. The molecule has 3 rings (SSSR count). The number of hydrogen-bond donors (Lipinski definition) is 1. The fraction of sp³-hybridized carbons (Fsp3) is 0.231. The molecule has 1 aromatic carbocycles. The third-order valence-corrected chi connectivity index (χ3v) is 2.95. The number of hydrogen-bond acceptors (Lipinski definition) is 4. The maximum absolute atomic E-state index is 12.1. The Morgan fingerprint density at radius 1 is 1.39 bits per heavy atom. The second kappa shape index (κ2) is 4.27. The van der Waals surface area contributed by atoms with Gasteiger partial charge >= 0.3 is 0 Å². The van der Waals surface area contributed by atoms with Crippen LogP contribution in [0.4, 0.5) is 5.69 Å². The van der Waals surface area contributed by atoms with Gasteiger partial charge in [-0.05, 0) is 18.6 Å². The highest BCUT2D eigenvalue weighted by Crippen LogP contribution is 2.21. The highest BCUT2D eigenvalue weighted by Gasteiger charge is 2.22. The van der Waals surface area contributed by atoms with E-state index in [1.54, 1.807) is 6.07 Å². The molecular weight excluding hydrogens is 230 g/mol. The lowest BCUT2D eigenvalue weighted by molar-refractivity contribution is -0.0771. The first-order valence-electron chi connectivity index (χ1n) is 5.86. The summed E-state index contributed by atoms with van der Waals surface area (Å²) in [6, 6.07) is 9.10. The molecule has 0 radical (unpaired) electrons. The lowest BCUT2D eigenvalue weighted by Crippen LogP contribution is -2.27. The van der Waals surface area contributed by atoms with E-state index in [-0.39, 0.29) is 5.91 Å². The molecule has 92 valence electrons. The predicted octanol–water partition coefficient (Wildman–Crippen LogP) is 1.59. The van der Waals surface area contributed by atoms with Crippen molar-refractivity contribution in [3.05, 3.63) is 36.0 Å². The lowest BCUT2D eigenvalue weighted by Gasteiger charge is -2.14. The topological polar surface area (TPSA) is 68.5 Å². The molecule has 1 aromatic heterocycles. The van der Waals surface area contributed by atoms with E-state index in [4.69, 9.17) is 10.6 Å². The molecule has 0 unspecified atom stereocenters. The zero-order chi connectivity index (χ0) is 12.5. The van der Waals surface area contributed by atoms with E-state index in [1.165, 1.54) is 5.06 Å². The summed E-state index contributed by atoms with van der Waals surface area (Å²) in [5, 5.41) is 2.20. The van der Waals surface area contributed by atoms with Crippen LogP contribution in [0.1, 0.15) is 16.9 Å². The summed E-state index contributed by atoms with van der Waals surface area (Å²) in [5.74, 6) is -0.232. The Morgan fingerprint density at radius 3 is 3.00 bits per heavy atom. The van der Waals surface area contributed by atoms with Gasteiger partial charge in [-0.3, -0.25) is 9.63 Å². The molecule has 1 amide bonds. The lowest BCUT2D eigenvalue weighted by atomic mass is 10.1. The molecule has 5 nitrogen and oxygen atoms in total. The quantitative estimate of drug-likeness (QED) is 0.825. The average Bonchev–Trinajstić information content (AvgIpc) is 2.91. The molecule has 1 aliphatic rings. The summed E-state index contributed by atoms with van der Waals surface area (Å²) in [6.07, 6.45) is 0.856. The van der Waals surface area contributed by atoms with E-state index in [1.807, 2.05) is 24.3 Å². The number of pyridine rings is 1. The van der Waals surface area contributed by atoms with Gasteiger partial charge in [0.1, 0.15) is 5.69 Å². The van der Waals surface area contributed by atoms with Crippen LogP contribution in [0.3, 0.4) is 0 Å². The SMILES string of the molecule is Nc1cc(C(=O)N2CCCO2)nc2ccccc12. The van der Waals surface area contributed by atoms with Crippen molar-refractivity contribution in [1.82, 2.24) is 10.0 Å². The zero-order valence-corrected chi connectivity index (χ0v) is 9.80. The fourth-order valence-electron chi connectivity index (χ4n) is 2.05. The Kier molecular flexibility index (Phi) is 2.60. The summed E-state index contributed by atoms with van der Waals surface area (Å²) < 4.78 is 0. The van der Waals surface area contributed by atoms with Gasteiger partial charge in [0.05, 0.1) is 18.7 Å². The molecular formula is C13H13N3O2. The van der Waals surface area contributed by atoms with Crippen LogP contribution in [-0.4, -0.2) is 29.1 Å². The summed E-state index contributed by atoms with van der Waals surface area (Å²) in [5.41, 5.74) is 7.55. The van der Waals surface area contributed by atoms with Crippen LogP contribution in [0, 0.1) is 0 Å². The fourth-order valence-corrected chi connectivity index (χ4v) is 2.05. The molecule has 1 fully saturated rings. The maximum Gasteiger partial charge on any atom is 0.296 e. The number of nitrogens with two attached hydrogens (primary N) is 1. The van der Waals surface area contributed by atoms with Gasteiger partial charge in [0.25, 0.3) is 5.91 Å². The van der Waals surface area contributed by atoms with E-state index in [0.717, 1.165) is 17.3 Å². The summed E-state index contributed by atoms with van der Waals surface area (Å²) in [7, 11) is 0. The normalized spacial score (nSPS) is 15.2. The van der Waals surface area contributed by atoms with Gasteiger partial charge in [0, 0.05) is 11.1 Å². The summed E-state index contributed by atoms with van der Waals surface area (Å²) in [6.45, 7) is 1.18. The Labute approximate surface area is 104 Å². The van der Waals surface area contributed by atoms with Gasteiger partial charge in [-0.25, -0.2) is 10.0 Å². The molecule has 0 aliphatic carbocycles. The van der Waals surface area contributed by atoms with Gasteiger partial charge in [-0.15, -0.1) is 0 Å². The zero-order valence-electron chi connectivity index (χ0n) is 9.80. The van der Waals surface area contributed by atoms with Crippen LogP contribution in [-0.2, 0) is 4.84 Å². The summed E-state index contributed by atoms with van der Waals surface area (Å²) in [4.78, 5) is 21.7. The van der Waals surface area contributed by atoms with Crippen molar-refractivity contribution in [2.45, 2.75) is 6.42 Å². The van der Waals surface area contributed by atoms with E-state index < -0.39 is 0 Å². The van der Waals surface area contributed by atoms with Crippen molar-refractivity contribution < 1.29 is 9.63 Å². The second-order valence-electron chi connectivity index (χ2n) is 4.21. The Hall–Kier alpha value is -2.14. The number of para-hydroxylation sites is 1. The van der Waals surface area contributed by atoms with Crippen molar-refractivity contribution in [1.29, 1.82) is 0 Å². The van der Waals surface area contributed by atoms with E-state index in [2.05, 4.69) is 4.98 Å².